The van der Waals surface area contributed by atoms with Crippen molar-refractivity contribution in [1.82, 2.24) is 15.6 Å². The molecule has 0 saturated heterocycles. The molecule has 0 radical (unpaired) electrons. The van der Waals surface area contributed by atoms with Gasteiger partial charge in [-0.1, -0.05) is 27.7 Å². The molecule has 0 bridgehead atoms. The largest absolute Gasteiger partial charge is 0.444 e. The van der Waals surface area contributed by atoms with Gasteiger partial charge in [-0.25, -0.2) is 9.78 Å². The van der Waals surface area contributed by atoms with Crippen LogP contribution in [0.25, 0.3) is 0 Å². The number of rotatable bonds is 8. The first-order valence-electron chi connectivity index (χ1n) is 10.7. The maximum atomic E-state index is 13.3. The van der Waals surface area contributed by atoms with E-state index >= 15 is 0 Å². The molecule has 2 N–H and O–H groups in total. The summed E-state index contributed by atoms with van der Waals surface area (Å²) in [4.78, 5) is 30.4. The van der Waals surface area contributed by atoms with Crippen LogP contribution in [0.15, 0.2) is 5.38 Å². The van der Waals surface area contributed by atoms with Gasteiger partial charge in [0.15, 0.2) is 0 Å². The van der Waals surface area contributed by atoms with Crippen LogP contribution >= 0.6 is 11.3 Å². The van der Waals surface area contributed by atoms with Gasteiger partial charge >= 0.3 is 6.09 Å². The van der Waals surface area contributed by atoms with E-state index in [1.165, 1.54) is 0 Å². The van der Waals surface area contributed by atoms with E-state index in [0.29, 0.717) is 31.9 Å². The molecule has 1 heterocycles. The van der Waals surface area contributed by atoms with E-state index in [2.05, 4.69) is 29.5 Å². The van der Waals surface area contributed by atoms with Gasteiger partial charge in [0, 0.05) is 42.7 Å². The first kappa shape index (κ1) is 24.6. The molecule has 1 saturated carbocycles. The van der Waals surface area contributed by atoms with Gasteiger partial charge in [0.2, 0.25) is 5.91 Å². The molecule has 7 nitrogen and oxygen atoms in total. The second-order valence-electron chi connectivity index (χ2n) is 9.74. The molecule has 8 heteroatoms. The first-order chi connectivity index (χ1) is 13.8. The van der Waals surface area contributed by atoms with E-state index in [0.717, 1.165) is 10.7 Å². The number of nitrogens with one attached hydrogen (secondary N) is 2. The lowest BCUT2D eigenvalue weighted by molar-refractivity contribution is -0.178. The molecular formula is C22H37N3O4S. The summed E-state index contributed by atoms with van der Waals surface area (Å²) in [6.45, 7) is 16.5. The fourth-order valence-corrected chi connectivity index (χ4v) is 4.57. The maximum Gasteiger partial charge on any atom is 0.408 e. The Kier molecular flexibility index (Phi) is 7.56. The molecule has 2 rings (SSSR count). The van der Waals surface area contributed by atoms with E-state index < -0.39 is 22.6 Å². The number of alkyl carbamates (subject to hydrolysis) is 1. The van der Waals surface area contributed by atoms with Gasteiger partial charge < -0.3 is 20.1 Å². The maximum absolute atomic E-state index is 13.3. The van der Waals surface area contributed by atoms with Crippen LogP contribution in [0.4, 0.5) is 4.79 Å². The molecule has 2 amide bonds. The van der Waals surface area contributed by atoms with Gasteiger partial charge in [-0.05, 0) is 27.7 Å². The lowest BCUT2D eigenvalue weighted by Gasteiger charge is -2.59. The number of aromatic nitrogens is 1. The Labute approximate surface area is 184 Å². The number of ether oxygens (including phenoxy) is 2. The van der Waals surface area contributed by atoms with E-state index in [-0.39, 0.29) is 12.0 Å². The molecule has 1 aromatic heterocycles. The third-order valence-electron chi connectivity index (χ3n) is 5.60. The zero-order chi connectivity index (χ0) is 22.7. The van der Waals surface area contributed by atoms with Crippen molar-refractivity contribution in [2.24, 2.45) is 5.41 Å². The molecule has 0 aromatic carbocycles. The minimum absolute atomic E-state index is 0.115. The van der Waals surface area contributed by atoms with E-state index in [9.17, 15) is 9.59 Å². The van der Waals surface area contributed by atoms with Crippen LogP contribution in [0.2, 0.25) is 0 Å². The van der Waals surface area contributed by atoms with Crippen molar-refractivity contribution >= 4 is 23.3 Å². The Balaban J connectivity index is 2.08. The molecule has 0 spiro atoms. The van der Waals surface area contributed by atoms with Crippen molar-refractivity contribution in [2.75, 3.05) is 13.2 Å². The van der Waals surface area contributed by atoms with Crippen LogP contribution in [-0.4, -0.2) is 47.4 Å². The number of thiazole rings is 1. The standard InChI is InChI=1S/C22H37N3O4S/c1-9-28-16-12-22(21(16,7)8,25-19(27)29-20(4,5)6)18(26)23-11-10-15-13-30-17(24-15)14(2)3/h13-14,16H,9-12H2,1-8H3,(H,23,26)(H,25,27)/t16-,22-/m0/s1. The summed E-state index contributed by atoms with van der Waals surface area (Å²) in [6.07, 6.45) is 0.344. The molecule has 0 unspecified atom stereocenters. The van der Waals surface area contributed by atoms with Crippen molar-refractivity contribution in [3.05, 3.63) is 16.1 Å². The lowest BCUT2D eigenvalue weighted by atomic mass is 9.53. The van der Waals surface area contributed by atoms with Gasteiger partial charge in [-0.15, -0.1) is 11.3 Å². The van der Waals surface area contributed by atoms with Crippen LogP contribution in [-0.2, 0) is 20.7 Å². The number of hydrogen-bond acceptors (Lipinski definition) is 6. The van der Waals surface area contributed by atoms with Gasteiger partial charge in [-0.2, -0.15) is 0 Å². The molecular weight excluding hydrogens is 402 g/mol. The molecule has 0 aliphatic heterocycles. The zero-order valence-electron chi connectivity index (χ0n) is 19.5. The summed E-state index contributed by atoms with van der Waals surface area (Å²) in [5.74, 6) is 0.180. The summed E-state index contributed by atoms with van der Waals surface area (Å²) >= 11 is 1.64. The van der Waals surface area contributed by atoms with Crippen LogP contribution in [0.1, 0.15) is 78.4 Å². The Bertz CT molecular complexity index is 754. The average Bonchev–Trinajstić information content (AvgIpc) is 3.08. The number of amides is 2. The summed E-state index contributed by atoms with van der Waals surface area (Å²) in [5, 5.41) is 9.00. The predicted octanol–water partition coefficient (Wildman–Crippen LogP) is 4.02. The lowest BCUT2D eigenvalue weighted by Crippen LogP contribution is -2.78. The molecule has 1 aliphatic carbocycles. The highest BCUT2D eigenvalue weighted by Gasteiger charge is 2.66. The van der Waals surface area contributed by atoms with Gasteiger partial charge in [0.25, 0.3) is 0 Å². The number of nitrogens with zero attached hydrogens (tertiary/aromatic N) is 1. The van der Waals surface area contributed by atoms with Gasteiger partial charge in [0.1, 0.15) is 11.1 Å². The van der Waals surface area contributed by atoms with Crippen LogP contribution in [0.3, 0.4) is 0 Å². The highest BCUT2D eigenvalue weighted by atomic mass is 32.1. The average molecular weight is 440 g/mol. The summed E-state index contributed by atoms with van der Waals surface area (Å²) in [5.41, 5.74) is -1.33. The van der Waals surface area contributed by atoms with Crippen LogP contribution in [0.5, 0.6) is 0 Å². The van der Waals surface area contributed by atoms with E-state index in [1.807, 2.05) is 26.2 Å². The normalized spacial score (nSPS) is 23.0. The van der Waals surface area contributed by atoms with Crippen molar-refractivity contribution in [3.63, 3.8) is 0 Å². The van der Waals surface area contributed by atoms with E-state index in [4.69, 9.17) is 9.47 Å². The third kappa shape index (κ3) is 5.32. The fraction of sp³-hybridized carbons (Fsp3) is 0.773. The number of carbonyl (C=O) groups is 2. The minimum Gasteiger partial charge on any atom is -0.444 e. The quantitative estimate of drug-likeness (QED) is 0.638. The van der Waals surface area contributed by atoms with Crippen molar-refractivity contribution in [2.45, 2.75) is 91.4 Å². The molecule has 1 aromatic rings. The van der Waals surface area contributed by atoms with Crippen molar-refractivity contribution < 1.29 is 19.1 Å². The van der Waals surface area contributed by atoms with Crippen LogP contribution in [0, 0.1) is 5.41 Å². The van der Waals surface area contributed by atoms with Crippen molar-refractivity contribution in [1.29, 1.82) is 0 Å². The SMILES string of the molecule is CCO[C@H]1C[C@](NC(=O)OC(C)(C)C)(C(=O)NCCc2csc(C(C)C)n2)C1(C)C. The molecule has 1 aliphatic rings. The minimum atomic E-state index is -1.08. The Morgan fingerprint density at radius 1 is 1.33 bits per heavy atom. The third-order valence-corrected chi connectivity index (χ3v) is 6.79. The first-order valence-corrected chi connectivity index (χ1v) is 11.6. The molecule has 1 fully saturated rings. The Hall–Kier alpha value is -1.67. The summed E-state index contributed by atoms with van der Waals surface area (Å²) < 4.78 is 11.2. The predicted molar refractivity (Wildman–Crippen MR) is 119 cm³/mol. The monoisotopic (exact) mass is 439 g/mol. The highest BCUT2D eigenvalue weighted by molar-refractivity contribution is 7.09. The second kappa shape index (κ2) is 9.22. The fourth-order valence-electron chi connectivity index (χ4n) is 3.70. The molecule has 2 atom stereocenters. The smallest absolute Gasteiger partial charge is 0.408 e. The summed E-state index contributed by atoms with van der Waals surface area (Å²) in [7, 11) is 0. The number of hydrogen-bond donors (Lipinski definition) is 2. The second-order valence-corrected chi connectivity index (χ2v) is 10.6. The molecule has 30 heavy (non-hydrogen) atoms. The van der Waals surface area contributed by atoms with Crippen LogP contribution < -0.4 is 10.6 Å². The summed E-state index contributed by atoms with van der Waals surface area (Å²) in [6, 6.07) is 0. The van der Waals surface area contributed by atoms with Crippen molar-refractivity contribution in [3.8, 4) is 0 Å². The topological polar surface area (TPSA) is 89.5 Å². The van der Waals surface area contributed by atoms with Gasteiger partial charge in [-0.3, -0.25) is 4.79 Å². The Morgan fingerprint density at radius 3 is 2.50 bits per heavy atom. The Morgan fingerprint density at radius 2 is 2.00 bits per heavy atom. The van der Waals surface area contributed by atoms with E-state index in [1.54, 1.807) is 32.1 Å². The zero-order valence-corrected chi connectivity index (χ0v) is 20.4. The number of carbonyl (C=O) groups excluding carboxylic acids is 2. The van der Waals surface area contributed by atoms with Gasteiger partial charge in [0.05, 0.1) is 16.8 Å². The highest BCUT2D eigenvalue weighted by Crippen LogP contribution is 2.51. The molecule has 170 valence electrons.